The van der Waals surface area contributed by atoms with Crippen LogP contribution in [0.15, 0.2) is 23.9 Å². The largest absolute Gasteiger partial charge is 0.493 e. The third-order valence-electron chi connectivity index (χ3n) is 3.53. The molecule has 0 aliphatic rings. The normalized spacial score (nSPS) is 11.0. The van der Waals surface area contributed by atoms with Crippen LogP contribution >= 0.6 is 0 Å². The van der Waals surface area contributed by atoms with Crippen molar-refractivity contribution in [2.45, 2.75) is 33.6 Å². The average molecular weight is 348 g/mol. The van der Waals surface area contributed by atoms with Crippen LogP contribution in [0.5, 0.6) is 11.5 Å². The van der Waals surface area contributed by atoms with Crippen LogP contribution in [0.4, 0.5) is 0 Å². The van der Waals surface area contributed by atoms with Crippen LogP contribution in [0.2, 0.25) is 0 Å². The molecule has 0 heterocycles. The Hall–Kier alpha value is -2.50. The first-order chi connectivity index (χ1) is 12.0. The minimum Gasteiger partial charge on any atom is -0.493 e. The van der Waals surface area contributed by atoms with Gasteiger partial charge in [0.2, 0.25) is 5.91 Å². The van der Waals surface area contributed by atoms with Gasteiger partial charge in [0.15, 0.2) is 11.5 Å². The summed E-state index contributed by atoms with van der Waals surface area (Å²) in [7, 11) is 3.11. The first kappa shape index (κ1) is 20.5. The van der Waals surface area contributed by atoms with Crippen molar-refractivity contribution in [3.05, 3.63) is 29.5 Å². The maximum Gasteiger partial charge on any atom is 0.270 e. The number of carbonyl (C=O) groups is 2. The molecule has 0 saturated heterocycles. The Morgan fingerprint density at radius 3 is 2.16 bits per heavy atom. The fraction of sp³-hybridized carbons (Fsp3) is 0.474. The molecule has 138 valence electrons. The third kappa shape index (κ3) is 6.14. The van der Waals surface area contributed by atoms with E-state index in [0.29, 0.717) is 24.6 Å². The van der Waals surface area contributed by atoms with Crippen LogP contribution in [0.1, 0.15) is 39.2 Å². The molecule has 6 heteroatoms. The lowest BCUT2D eigenvalue weighted by Crippen LogP contribution is -2.38. The second-order valence-corrected chi connectivity index (χ2v) is 5.65. The van der Waals surface area contributed by atoms with Gasteiger partial charge in [0.1, 0.15) is 5.70 Å². The molecule has 25 heavy (non-hydrogen) atoms. The van der Waals surface area contributed by atoms with Gasteiger partial charge in [-0.2, -0.15) is 0 Å². The monoisotopic (exact) mass is 348 g/mol. The van der Waals surface area contributed by atoms with E-state index in [-0.39, 0.29) is 17.5 Å². The zero-order chi connectivity index (χ0) is 18.8. The number of amides is 2. The number of methoxy groups -OCH3 is 2. The van der Waals surface area contributed by atoms with Gasteiger partial charge in [0, 0.05) is 20.0 Å². The Balaban J connectivity index is 3.22. The Morgan fingerprint density at radius 1 is 1.08 bits per heavy atom. The molecule has 2 amide bonds. The van der Waals surface area contributed by atoms with E-state index in [0.717, 1.165) is 18.4 Å². The van der Waals surface area contributed by atoms with Crippen LogP contribution in [0.25, 0.3) is 6.08 Å². The quantitative estimate of drug-likeness (QED) is 0.697. The van der Waals surface area contributed by atoms with Crippen molar-refractivity contribution < 1.29 is 19.1 Å². The molecule has 0 bridgehead atoms. The molecule has 0 saturated carbocycles. The minimum absolute atomic E-state index is 0.186. The molecular weight excluding hydrogens is 320 g/mol. The topological polar surface area (TPSA) is 67.9 Å². The second kappa shape index (κ2) is 10.4. The SMILES string of the molecule is CCCN(CCC)C(=O)C(=Cc1ccc(OC)c(OC)c1)NC(C)=O. The van der Waals surface area contributed by atoms with E-state index < -0.39 is 0 Å². The summed E-state index contributed by atoms with van der Waals surface area (Å²) in [6.07, 6.45) is 3.37. The highest BCUT2D eigenvalue weighted by molar-refractivity contribution is 6.01. The van der Waals surface area contributed by atoms with E-state index in [1.54, 1.807) is 43.4 Å². The number of hydrogen-bond acceptors (Lipinski definition) is 4. The summed E-state index contributed by atoms with van der Waals surface area (Å²) in [4.78, 5) is 26.1. The predicted molar refractivity (Wildman–Crippen MR) is 98.5 cm³/mol. The zero-order valence-electron chi connectivity index (χ0n) is 15.7. The lowest BCUT2D eigenvalue weighted by molar-refractivity contribution is -0.129. The number of ether oxygens (including phenoxy) is 2. The summed E-state index contributed by atoms with van der Waals surface area (Å²) in [5.74, 6) is 0.692. The molecule has 1 aromatic carbocycles. The summed E-state index contributed by atoms with van der Waals surface area (Å²) in [5.41, 5.74) is 0.990. The average Bonchev–Trinajstić information content (AvgIpc) is 2.59. The van der Waals surface area contributed by atoms with Crippen molar-refractivity contribution in [2.24, 2.45) is 0 Å². The van der Waals surface area contributed by atoms with Gasteiger partial charge >= 0.3 is 0 Å². The van der Waals surface area contributed by atoms with Gasteiger partial charge in [0.05, 0.1) is 14.2 Å². The molecule has 0 fully saturated rings. The summed E-state index contributed by atoms with van der Waals surface area (Å²) < 4.78 is 10.5. The molecule has 0 spiro atoms. The first-order valence-corrected chi connectivity index (χ1v) is 8.47. The van der Waals surface area contributed by atoms with Crippen LogP contribution in [-0.2, 0) is 9.59 Å². The van der Waals surface area contributed by atoms with E-state index in [9.17, 15) is 9.59 Å². The zero-order valence-corrected chi connectivity index (χ0v) is 15.7. The molecule has 0 aliphatic heterocycles. The Kier molecular flexibility index (Phi) is 8.53. The summed E-state index contributed by atoms with van der Waals surface area (Å²) in [5, 5.41) is 2.65. The van der Waals surface area contributed by atoms with Crippen LogP contribution in [0, 0.1) is 0 Å². The lowest BCUT2D eigenvalue weighted by atomic mass is 10.1. The predicted octanol–water partition coefficient (Wildman–Crippen LogP) is 2.83. The first-order valence-electron chi connectivity index (χ1n) is 8.47. The standard InChI is InChI=1S/C19H28N2O4/c1-6-10-21(11-7-2)19(23)16(20-14(3)22)12-15-8-9-17(24-4)18(13-15)25-5/h8-9,12-13H,6-7,10-11H2,1-5H3,(H,20,22). The van der Waals surface area contributed by atoms with Crippen molar-refractivity contribution in [1.82, 2.24) is 10.2 Å². The molecule has 0 aliphatic carbocycles. The lowest BCUT2D eigenvalue weighted by Gasteiger charge is -2.23. The molecule has 1 N–H and O–H groups in total. The van der Waals surface area contributed by atoms with E-state index in [2.05, 4.69) is 5.32 Å². The van der Waals surface area contributed by atoms with Crippen molar-refractivity contribution in [2.75, 3.05) is 27.3 Å². The fourth-order valence-corrected chi connectivity index (χ4v) is 2.48. The van der Waals surface area contributed by atoms with E-state index in [1.165, 1.54) is 6.92 Å². The van der Waals surface area contributed by atoms with E-state index in [4.69, 9.17) is 9.47 Å². The number of hydrogen-bond donors (Lipinski definition) is 1. The highest BCUT2D eigenvalue weighted by atomic mass is 16.5. The Bertz CT molecular complexity index is 620. The number of benzene rings is 1. The van der Waals surface area contributed by atoms with Gasteiger partial charge in [-0.1, -0.05) is 19.9 Å². The van der Waals surface area contributed by atoms with Gasteiger partial charge in [-0.15, -0.1) is 0 Å². The Morgan fingerprint density at radius 2 is 1.68 bits per heavy atom. The number of nitrogens with zero attached hydrogens (tertiary/aromatic N) is 1. The van der Waals surface area contributed by atoms with Crippen LogP contribution in [0.3, 0.4) is 0 Å². The van der Waals surface area contributed by atoms with Crippen LogP contribution in [-0.4, -0.2) is 44.0 Å². The molecule has 6 nitrogen and oxygen atoms in total. The highest BCUT2D eigenvalue weighted by Gasteiger charge is 2.18. The van der Waals surface area contributed by atoms with Gasteiger partial charge in [-0.25, -0.2) is 0 Å². The van der Waals surface area contributed by atoms with Gasteiger partial charge < -0.3 is 19.7 Å². The number of nitrogens with one attached hydrogen (secondary N) is 1. The summed E-state index contributed by atoms with van der Waals surface area (Å²) >= 11 is 0. The van der Waals surface area contributed by atoms with E-state index in [1.807, 2.05) is 13.8 Å². The van der Waals surface area contributed by atoms with Gasteiger partial charge in [-0.3, -0.25) is 9.59 Å². The molecule has 0 atom stereocenters. The molecule has 1 rings (SSSR count). The smallest absolute Gasteiger partial charge is 0.270 e. The van der Waals surface area contributed by atoms with Crippen molar-refractivity contribution in [3.63, 3.8) is 0 Å². The third-order valence-corrected chi connectivity index (χ3v) is 3.53. The van der Waals surface area contributed by atoms with Crippen molar-refractivity contribution in [1.29, 1.82) is 0 Å². The van der Waals surface area contributed by atoms with Gasteiger partial charge in [-0.05, 0) is 36.6 Å². The van der Waals surface area contributed by atoms with E-state index >= 15 is 0 Å². The highest BCUT2D eigenvalue weighted by Crippen LogP contribution is 2.28. The number of carbonyl (C=O) groups excluding carboxylic acids is 2. The second-order valence-electron chi connectivity index (χ2n) is 5.65. The minimum atomic E-state index is -0.284. The maximum atomic E-state index is 12.8. The van der Waals surface area contributed by atoms with Crippen molar-refractivity contribution in [3.8, 4) is 11.5 Å². The fourth-order valence-electron chi connectivity index (χ4n) is 2.48. The summed E-state index contributed by atoms with van der Waals surface area (Å²) in [6, 6.07) is 5.33. The van der Waals surface area contributed by atoms with Gasteiger partial charge in [0.25, 0.3) is 5.91 Å². The molecule has 1 aromatic rings. The van der Waals surface area contributed by atoms with Crippen LogP contribution < -0.4 is 14.8 Å². The summed E-state index contributed by atoms with van der Waals surface area (Å²) in [6.45, 7) is 6.73. The number of rotatable bonds is 9. The molecule has 0 unspecified atom stereocenters. The molecule has 0 aromatic heterocycles. The van der Waals surface area contributed by atoms with Crippen molar-refractivity contribution >= 4 is 17.9 Å². The molecular formula is C19H28N2O4. The molecule has 0 radical (unpaired) electrons. The maximum absolute atomic E-state index is 12.8. The Labute approximate surface area is 149 Å².